The number of rotatable bonds is 6. The van der Waals surface area contributed by atoms with E-state index in [1.165, 1.54) is 4.31 Å². The van der Waals surface area contributed by atoms with Crippen molar-refractivity contribution >= 4 is 27.5 Å². The van der Waals surface area contributed by atoms with Crippen molar-refractivity contribution in [1.82, 2.24) is 19.7 Å². The van der Waals surface area contributed by atoms with Gasteiger partial charge in [-0.2, -0.15) is 4.31 Å². The van der Waals surface area contributed by atoms with Crippen LogP contribution in [0.15, 0.2) is 33.7 Å². The largest absolute Gasteiger partial charge is 0.360 e. The number of hydrogen-bond acceptors (Lipinski definition) is 6. The molecule has 0 aliphatic carbocycles. The number of carbonyl (C=O) groups is 1. The highest BCUT2D eigenvalue weighted by molar-refractivity contribution is 7.89. The predicted octanol–water partition coefficient (Wildman–Crippen LogP) is 1.57. The van der Waals surface area contributed by atoms with Crippen LogP contribution < -0.4 is 5.32 Å². The van der Waals surface area contributed by atoms with E-state index in [2.05, 4.69) is 10.5 Å². The van der Waals surface area contributed by atoms with Crippen LogP contribution >= 0.6 is 11.6 Å². The van der Waals surface area contributed by atoms with Crippen LogP contribution in [-0.2, 0) is 21.4 Å². The number of piperazine rings is 1. The maximum atomic E-state index is 12.8. The van der Waals surface area contributed by atoms with Gasteiger partial charge in [0.15, 0.2) is 5.76 Å². The molecular formula is C18H23ClN4O4S. The zero-order valence-electron chi connectivity index (χ0n) is 15.8. The van der Waals surface area contributed by atoms with E-state index in [-0.39, 0.29) is 17.3 Å². The Morgan fingerprint density at radius 2 is 1.96 bits per heavy atom. The molecule has 0 atom stereocenters. The third-order valence-electron chi connectivity index (χ3n) is 4.64. The van der Waals surface area contributed by atoms with E-state index in [1.807, 2.05) is 17.0 Å². The summed E-state index contributed by atoms with van der Waals surface area (Å²) in [7, 11) is -3.64. The van der Waals surface area contributed by atoms with Gasteiger partial charge in [0.05, 0.1) is 6.54 Å². The lowest BCUT2D eigenvalue weighted by Gasteiger charge is -2.33. The SMILES string of the molecule is Cc1noc(C)c1S(=O)(=O)N1CCN(CC(=O)NCc2cccc(Cl)c2)CC1. The standard InChI is InChI=1S/C18H23ClN4O4S/c1-13-18(14(2)27-21-13)28(25,26)23-8-6-22(7-9-23)12-17(24)20-11-15-4-3-5-16(19)10-15/h3-5,10H,6-9,11-12H2,1-2H3,(H,20,24). The van der Waals surface area contributed by atoms with Gasteiger partial charge in [-0.15, -0.1) is 0 Å². The number of hydrogen-bond donors (Lipinski definition) is 1. The number of aryl methyl sites for hydroxylation is 2. The second-order valence-electron chi connectivity index (χ2n) is 6.74. The summed E-state index contributed by atoms with van der Waals surface area (Å²) in [5.41, 5.74) is 1.29. The highest BCUT2D eigenvalue weighted by Gasteiger charge is 2.33. The first-order valence-electron chi connectivity index (χ1n) is 8.94. The minimum absolute atomic E-state index is 0.109. The van der Waals surface area contributed by atoms with E-state index in [4.69, 9.17) is 16.1 Å². The van der Waals surface area contributed by atoms with Gasteiger partial charge in [-0.05, 0) is 31.5 Å². The van der Waals surface area contributed by atoms with Crippen molar-refractivity contribution in [3.05, 3.63) is 46.3 Å². The maximum absolute atomic E-state index is 12.8. The fraction of sp³-hybridized carbons (Fsp3) is 0.444. The molecule has 0 unspecified atom stereocenters. The summed E-state index contributed by atoms with van der Waals surface area (Å²) in [6.45, 7) is 5.42. The van der Waals surface area contributed by atoms with Crippen LogP contribution in [0.3, 0.4) is 0 Å². The van der Waals surface area contributed by atoms with E-state index >= 15 is 0 Å². The van der Waals surface area contributed by atoms with Crippen molar-refractivity contribution in [3.63, 3.8) is 0 Å². The Labute approximate surface area is 169 Å². The number of nitrogens with zero attached hydrogens (tertiary/aromatic N) is 3. The zero-order valence-corrected chi connectivity index (χ0v) is 17.4. The molecule has 0 radical (unpaired) electrons. The molecule has 1 saturated heterocycles. The molecular weight excluding hydrogens is 404 g/mol. The maximum Gasteiger partial charge on any atom is 0.248 e. The molecule has 0 bridgehead atoms. The molecule has 0 saturated carbocycles. The van der Waals surface area contributed by atoms with Gasteiger partial charge < -0.3 is 9.84 Å². The van der Waals surface area contributed by atoms with Crippen LogP contribution in [0.1, 0.15) is 17.0 Å². The highest BCUT2D eigenvalue weighted by atomic mass is 35.5. The molecule has 2 aromatic rings. The van der Waals surface area contributed by atoms with Gasteiger partial charge in [0.1, 0.15) is 10.6 Å². The molecule has 1 aromatic carbocycles. The predicted molar refractivity (Wildman–Crippen MR) is 104 cm³/mol. The molecule has 0 spiro atoms. The van der Waals surface area contributed by atoms with Crippen LogP contribution in [0, 0.1) is 13.8 Å². The summed E-state index contributed by atoms with van der Waals surface area (Å²) in [6, 6.07) is 7.32. The van der Waals surface area contributed by atoms with Crippen LogP contribution in [-0.4, -0.2) is 61.4 Å². The average Bonchev–Trinajstić information content (AvgIpc) is 2.99. The summed E-state index contributed by atoms with van der Waals surface area (Å²) in [5.74, 6) is 0.183. The van der Waals surface area contributed by atoms with Crippen molar-refractivity contribution in [1.29, 1.82) is 0 Å². The molecule has 2 heterocycles. The summed E-state index contributed by atoms with van der Waals surface area (Å²) < 4.78 is 32.1. The fourth-order valence-corrected chi connectivity index (χ4v) is 5.13. The van der Waals surface area contributed by atoms with Gasteiger partial charge in [-0.25, -0.2) is 8.42 Å². The Morgan fingerprint density at radius 1 is 1.25 bits per heavy atom. The first kappa shape index (κ1) is 20.8. The molecule has 1 aromatic heterocycles. The molecule has 1 amide bonds. The number of nitrogens with one attached hydrogen (secondary N) is 1. The van der Waals surface area contributed by atoms with Crippen molar-refractivity contribution < 1.29 is 17.7 Å². The third-order valence-corrected chi connectivity index (χ3v) is 7.02. The second kappa shape index (κ2) is 8.60. The lowest BCUT2D eigenvalue weighted by Crippen LogP contribution is -2.51. The Morgan fingerprint density at radius 3 is 2.57 bits per heavy atom. The smallest absolute Gasteiger partial charge is 0.248 e. The number of sulfonamides is 1. The number of carbonyl (C=O) groups excluding carboxylic acids is 1. The van der Waals surface area contributed by atoms with Gasteiger partial charge in [0.2, 0.25) is 15.9 Å². The molecule has 8 nitrogen and oxygen atoms in total. The summed E-state index contributed by atoms with van der Waals surface area (Å²) >= 11 is 5.94. The topological polar surface area (TPSA) is 95.8 Å². The van der Waals surface area contributed by atoms with Crippen LogP contribution in [0.5, 0.6) is 0 Å². The molecule has 1 aliphatic heterocycles. The van der Waals surface area contributed by atoms with Crippen molar-refractivity contribution in [2.24, 2.45) is 0 Å². The summed E-state index contributed by atoms with van der Waals surface area (Å²) in [4.78, 5) is 14.3. The van der Waals surface area contributed by atoms with Gasteiger partial charge in [-0.3, -0.25) is 9.69 Å². The third kappa shape index (κ3) is 4.72. The lowest BCUT2D eigenvalue weighted by atomic mass is 10.2. The Bertz CT molecular complexity index is 933. The molecule has 1 aliphatic rings. The minimum Gasteiger partial charge on any atom is -0.360 e. The number of aromatic nitrogens is 1. The fourth-order valence-electron chi connectivity index (χ4n) is 3.21. The molecule has 28 heavy (non-hydrogen) atoms. The van der Waals surface area contributed by atoms with Gasteiger partial charge >= 0.3 is 0 Å². The summed E-state index contributed by atoms with van der Waals surface area (Å²) in [5, 5.41) is 7.22. The molecule has 152 valence electrons. The first-order valence-corrected chi connectivity index (χ1v) is 10.8. The Balaban J connectivity index is 1.50. The Hall–Kier alpha value is -1.94. The van der Waals surface area contributed by atoms with Gasteiger partial charge in [0.25, 0.3) is 0 Å². The number of halogens is 1. The first-order chi connectivity index (χ1) is 13.3. The van der Waals surface area contributed by atoms with Crippen LogP contribution in [0.4, 0.5) is 0 Å². The van der Waals surface area contributed by atoms with Crippen molar-refractivity contribution in [2.75, 3.05) is 32.7 Å². The quantitative estimate of drug-likeness (QED) is 0.753. The van der Waals surface area contributed by atoms with E-state index < -0.39 is 10.0 Å². The van der Waals surface area contributed by atoms with E-state index in [0.717, 1.165) is 5.56 Å². The lowest BCUT2D eigenvalue weighted by molar-refractivity contribution is -0.122. The monoisotopic (exact) mass is 426 g/mol. The van der Waals surface area contributed by atoms with Crippen molar-refractivity contribution in [2.45, 2.75) is 25.3 Å². The highest BCUT2D eigenvalue weighted by Crippen LogP contribution is 2.24. The molecule has 1 N–H and O–H groups in total. The van der Waals surface area contributed by atoms with E-state index in [9.17, 15) is 13.2 Å². The normalized spacial score (nSPS) is 16.2. The van der Waals surface area contributed by atoms with Crippen LogP contribution in [0.25, 0.3) is 0 Å². The van der Waals surface area contributed by atoms with Gasteiger partial charge in [-0.1, -0.05) is 28.9 Å². The van der Waals surface area contributed by atoms with E-state index in [0.29, 0.717) is 49.2 Å². The molecule has 10 heteroatoms. The summed E-state index contributed by atoms with van der Waals surface area (Å²) in [6.07, 6.45) is 0. The minimum atomic E-state index is -3.64. The Kier molecular flexibility index (Phi) is 6.39. The average molecular weight is 427 g/mol. The molecule has 1 fully saturated rings. The number of benzene rings is 1. The zero-order chi connectivity index (χ0) is 20.3. The van der Waals surface area contributed by atoms with E-state index in [1.54, 1.807) is 26.0 Å². The molecule has 3 rings (SSSR count). The van der Waals surface area contributed by atoms with Gasteiger partial charge in [0, 0.05) is 37.7 Å². The second-order valence-corrected chi connectivity index (χ2v) is 9.05. The van der Waals surface area contributed by atoms with Crippen molar-refractivity contribution in [3.8, 4) is 0 Å². The number of amides is 1. The van der Waals surface area contributed by atoms with Crippen LogP contribution in [0.2, 0.25) is 5.02 Å².